The summed E-state index contributed by atoms with van der Waals surface area (Å²) >= 11 is 5.94. The molecule has 2 N–H and O–H groups in total. The number of carbonyl (C=O) groups is 1. The van der Waals surface area contributed by atoms with Crippen molar-refractivity contribution in [3.05, 3.63) is 47.0 Å². The lowest BCUT2D eigenvalue weighted by Crippen LogP contribution is -2.24. The first-order valence-corrected chi connectivity index (χ1v) is 7.38. The molecule has 0 atom stereocenters. The standard InChI is InChI=1S/C15H16ClN5O/c1-9(2)21-6-5-12(20-21)15(22)17-8-14-18-11-4-3-10(16)7-13(11)19-14/h3-7,9H,8H2,1-2H3,(H,17,22)(H,18,19). The van der Waals surface area contributed by atoms with Crippen LogP contribution in [0.3, 0.4) is 0 Å². The smallest absolute Gasteiger partial charge is 0.272 e. The molecule has 2 heterocycles. The molecule has 0 saturated heterocycles. The maximum atomic E-state index is 12.1. The first-order valence-electron chi connectivity index (χ1n) is 7.00. The number of aromatic nitrogens is 4. The van der Waals surface area contributed by atoms with Crippen LogP contribution in [0.4, 0.5) is 0 Å². The summed E-state index contributed by atoms with van der Waals surface area (Å²) < 4.78 is 1.75. The number of imidazole rings is 1. The third-order valence-corrected chi connectivity index (χ3v) is 3.51. The van der Waals surface area contributed by atoms with Gasteiger partial charge in [0.2, 0.25) is 0 Å². The van der Waals surface area contributed by atoms with E-state index in [9.17, 15) is 4.79 Å². The third kappa shape index (κ3) is 2.96. The second kappa shape index (κ2) is 5.81. The Balaban J connectivity index is 1.68. The van der Waals surface area contributed by atoms with Gasteiger partial charge in [-0.3, -0.25) is 9.48 Å². The van der Waals surface area contributed by atoms with Crippen molar-refractivity contribution in [3.8, 4) is 0 Å². The van der Waals surface area contributed by atoms with Crippen LogP contribution in [0, 0.1) is 0 Å². The summed E-state index contributed by atoms with van der Waals surface area (Å²) in [4.78, 5) is 19.6. The molecule has 0 aliphatic rings. The lowest BCUT2D eigenvalue weighted by Gasteiger charge is -2.04. The fourth-order valence-electron chi connectivity index (χ4n) is 2.12. The first kappa shape index (κ1) is 14.6. The summed E-state index contributed by atoms with van der Waals surface area (Å²) in [5, 5.41) is 7.68. The number of benzene rings is 1. The number of hydrogen-bond acceptors (Lipinski definition) is 3. The number of carbonyl (C=O) groups excluding carboxylic acids is 1. The minimum atomic E-state index is -0.224. The van der Waals surface area contributed by atoms with E-state index in [4.69, 9.17) is 11.6 Å². The number of fused-ring (bicyclic) bond motifs is 1. The Kier molecular flexibility index (Phi) is 3.85. The number of amides is 1. The van der Waals surface area contributed by atoms with Crippen LogP contribution in [0.15, 0.2) is 30.5 Å². The molecule has 0 unspecified atom stereocenters. The molecule has 0 aliphatic heterocycles. The van der Waals surface area contributed by atoms with Gasteiger partial charge in [0, 0.05) is 17.3 Å². The Bertz CT molecular complexity index is 820. The molecule has 1 amide bonds. The number of hydrogen-bond donors (Lipinski definition) is 2. The lowest BCUT2D eigenvalue weighted by atomic mass is 10.3. The highest BCUT2D eigenvalue weighted by molar-refractivity contribution is 6.31. The average Bonchev–Trinajstić information content (AvgIpc) is 3.10. The molecule has 0 aliphatic carbocycles. The van der Waals surface area contributed by atoms with Crippen molar-refractivity contribution in [2.24, 2.45) is 0 Å². The molecular weight excluding hydrogens is 302 g/mol. The second-order valence-corrected chi connectivity index (χ2v) is 5.74. The molecule has 114 valence electrons. The van der Waals surface area contributed by atoms with E-state index in [0.29, 0.717) is 23.1 Å². The van der Waals surface area contributed by atoms with Crippen LogP contribution in [0.2, 0.25) is 5.02 Å². The highest BCUT2D eigenvalue weighted by Crippen LogP contribution is 2.17. The molecule has 7 heteroatoms. The van der Waals surface area contributed by atoms with Gasteiger partial charge in [0.1, 0.15) is 11.5 Å². The van der Waals surface area contributed by atoms with E-state index < -0.39 is 0 Å². The number of nitrogens with zero attached hydrogens (tertiary/aromatic N) is 3. The molecule has 1 aromatic carbocycles. The molecule has 3 aromatic rings. The van der Waals surface area contributed by atoms with Gasteiger partial charge in [-0.1, -0.05) is 11.6 Å². The fraction of sp³-hybridized carbons (Fsp3) is 0.267. The van der Waals surface area contributed by atoms with E-state index in [1.165, 1.54) is 0 Å². The van der Waals surface area contributed by atoms with Crippen molar-refractivity contribution in [1.82, 2.24) is 25.1 Å². The molecular formula is C15H16ClN5O. The van der Waals surface area contributed by atoms with E-state index >= 15 is 0 Å². The average molecular weight is 318 g/mol. The zero-order valence-electron chi connectivity index (χ0n) is 12.3. The summed E-state index contributed by atoms with van der Waals surface area (Å²) in [6, 6.07) is 7.35. The number of aromatic amines is 1. The molecule has 3 rings (SSSR count). The largest absolute Gasteiger partial charge is 0.343 e. The molecule has 22 heavy (non-hydrogen) atoms. The van der Waals surface area contributed by atoms with Crippen molar-refractivity contribution in [3.63, 3.8) is 0 Å². The van der Waals surface area contributed by atoms with Gasteiger partial charge in [0.25, 0.3) is 5.91 Å². The monoisotopic (exact) mass is 317 g/mol. The van der Waals surface area contributed by atoms with Crippen molar-refractivity contribution in [2.75, 3.05) is 0 Å². The Morgan fingerprint density at radius 1 is 1.41 bits per heavy atom. The van der Waals surface area contributed by atoms with Gasteiger partial charge in [-0.2, -0.15) is 5.10 Å². The Hall–Kier alpha value is -2.34. The number of halogens is 1. The van der Waals surface area contributed by atoms with Crippen LogP contribution in [0.1, 0.15) is 36.2 Å². The molecule has 6 nitrogen and oxygen atoms in total. The SMILES string of the molecule is CC(C)n1ccc(C(=O)NCc2nc3ccc(Cl)cc3[nH]2)n1. The van der Waals surface area contributed by atoms with Gasteiger partial charge in [0.05, 0.1) is 17.6 Å². The molecule has 0 bridgehead atoms. The van der Waals surface area contributed by atoms with Crippen LogP contribution in [0.25, 0.3) is 11.0 Å². The number of rotatable bonds is 4. The van der Waals surface area contributed by atoms with E-state index in [-0.39, 0.29) is 11.9 Å². The summed E-state index contributed by atoms with van der Waals surface area (Å²) in [6.45, 7) is 4.32. The van der Waals surface area contributed by atoms with Crippen LogP contribution < -0.4 is 5.32 Å². The van der Waals surface area contributed by atoms with Crippen molar-refractivity contribution in [2.45, 2.75) is 26.4 Å². The maximum absolute atomic E-state index is 12.1. The minimum Gasteiger partial charge on any atom is -0.343 e. The summed E-state index contributed by atoms with van der Waals surface area (Å²) in [6.07, 6.45) is 1.79. The topological polar surface area (TPSA) is 75.6 Å². The Morgan fingerprint density at radius 3 is 2.95 bits per heavy atom. The van der Waals surface area contributed by atoms with Gasteiger partial charge in [-0.05, 0) is 38.1 Å². The first-order chi connectivity index (χ1) is 10.5. The molecule has 2 aromatic heterocycles. The summed E-state index contributed by atoms with van der Waals surface area (Å²) in [5.74, 6) is 0.451. The van der Waals surface area contributed by atoms with Crippen LogP contribution in [0.5, 0.6) is 0 Å². The Morgan fingerprint density at radius 2 is 2.23 bits per heavy atom. The zero-order chi connectivity index (χ0) is 15.7. The predicted molar refractivity (Wildman–Crippen MR) is 84.9 cm³/mol. The highest BCUT2D eigenvalue weighted by Gasteiger charge is 2.11. The quantitative estimate of drug-likeness (QED) is 0.777. The third-order valence-electron chi connectivity index (χ3n) is 3.28. The van der Waals surface area contributed by atoms with Crippen molar-refractivity contribution >= 4 is 28.5 Å². The second-order valence-electron chi connectivity index (χ2n) is 5.30. The molecule has 0 radical (unpaired) electrons. The minimum absolute atomic E-state index is 0.224. The van der Waals surface area contributed by atoms with E-state index in [2.05, 4.69) is 20.4 Å². The van der Waals surface area contributed by atoms with E-state index in [1.807, 2.05) is 19.9 Å². The van der Waals surface area contributed by atoms with E-state index in [0.717, 1.165) is 11.0 Å². The van der Waals surface area contributed by atoms with Crippen molar-refractivity contribution in [1.29, 1.82) is 0 Å². The number of H-pyrrole nitrogens is 1. The van der Waals surface area contributed by atoms with Gasteiger partial charge >= 0.3 is 0 Å². The van der Waals surface area contributed by atoms with Crippen LogP contribution >= 0.6 is 11.6 Å². The Labute approximate surface area is 132 Å². The molecule has 0 saturated carbocycles. The van der Waals surface area contributed by atoms with E-state index in [1.54, 1.807) is 29.1 Å². The summed E-state index contributed by atoms with van der Waals surface area (Å²) in [5.41, 5.74) is 2.06. The van der Waals surface area contributed by atoms with Gasteiger partial charge in [0.15, 0.2) is 0 Å². The predicted octanol–water partition coefficient (Wildman–Crippen LogP) is 2.92. The van der Waals surface area contributed by atoms with Crippen molar-refractivity contribution < 1.29 is 4.79 Å². The van der Waals surface area contributed by atoms with Gasteiger partial charge in [-0.15, -0.1) is 0 Å². The normalized spacial score (nSPS) is 11.3. The van der Waals surface area contributed by atoms with Gasteiger partial charge < -0.3 is 10.3 Å². The maximum Gasteiger partial charge on any atom is 0.272 e. The fourth-order valence-corrected chi connectivity index (χ4v) is 2.29. The highest BCUT2D eigenvalue weighted by atomic mass is 35.5. The van der Waals surface area contributed by atoms with Crippen LogP contribution in [-0.2, 0) is 6.54 Å². The van der Waals surface area contributed by atoms with Gasteiger partial charge in [-0.25, -0.2) is 4.98 Å². The number of nitrogens with one attached hydrogen (secondary N) is 2. The summed E-state index contributed by atoms with van der Waals surface area (Å²) in [7, 11) is 0. The zero-order valence-corrected chi connectivity index (χ0v) is 13.1. The molecule has 0 spiro atoms. The molecule has 0 fully saturated rings. The van der Waals surface area contributed by atoms with Crippen LogP contribution in [-0.4, -0.2) is 25.7 Å². The lowest BCUT2D eigenvalue weighted by molar-refractivity contribution is 0.0944.